The van der Waals surface area contributed by atoms with Gasteiger partial charge < -0.3 is 10.2 Å². The number of benzene rings is 1. The van der Waals surface area contributed by atoms with Crippen molar-refractivity contribution in [3.8, 4) is 0 Å². The summed E-state index contributed by atoms with van der Waals surface area (Å²) in [5.74, 6) is 1.55. The Hall–Kier alpha value is -2.40. The quantitative estimate of drug-likeness (QED) is 0.923. The monoisotopic (exact) mass is 350 g/mol. The molecule has 1 amide bonds. The van der Waals surface area contributed by atoms with E-state index in [1.54, 1.807) is 0 Å². The molecule has 2 aliphatic heterocycles. The number of anilines is 2. The van der Waals surface area contributed by atoms with Crippen LogP contribution in [0.15, 0.2) is 42.6 Å². The van der Waals surface area contributed by atoms with Gasteiger partial charge in [-0.05, 0) is 56.0 Å². The Morgan fingerprint density at radius 2 is 1.92 bits per heavy atom. The number of likely N-dealkylation sites (tertiary alicyclic amines) is 1. The Bertz CT molecular complexity index is 784. The molecule has 136 valence electrons. The number of amides is 1. The topological polar surface area (TPSA) is 48.5 Å². The van der Waals surface area contributed by atoms with Crippen LogP contribution in [-0.4, -0.2) is 42.0 Å². The lowest BCUT2D eigenvalue weighted by Gasteiger charge is -2.34. The summed E-state index contributed by atoms with van der Waals surface area (Å²) >= 11 is 0. The van der Waals surface area contributed by atoms with Gasteiger partial charge in [0, 0.05) is 19.8 Å². The second kappa shape index (κ2) is 7.08. The number of hydrogen-bond acceptors (Lipinski definition) is 4. The number of likely N-dealkylation sites (N-methyl/N-ethyl adjacent to an activating group) is 1. The largest absolute Gasteiger partial charge is 0.346 e. The maximum Gasteiger partial charge on any atom is 0.246 e. The molecule has 1 atom stereocenters. The summed E-state index contributed by atoms with van der Waals surface area (Å²) in [6, 6.07) is 12.7. The van der Waals surface area contributed by atoms with Crippen LogP contribution in [0.4, 0.5) is 11.5 Å². The first-order valence-corrected chi connectivity index (χ1v) is 9.42. The molecule has 0 spiro atoms. The molecule has 0 aliphatic carbocycles. The van der Waals surface area contributed by atoms with E-state index >= 15 is 0 Å². The molecule has 4 rings (SSSR count). The summed E-state index contributed by atoms with van der Waals surface area (Å²) in [4.78, 5) is 21.1. The first kappa shape index (κ1) is 17.0. The number of nitrogens with zero attached hydrogens (tertiary/aromatic N) is 3. The van der Waals surface area contributed by atoms with E-state index in [4.69, 9.17) is 0 Å². The van der Waals surface area contributed by atoms with Gasteiger partial charge in [0.2, 0.25) is 5.91 Å². The molecule has 1 aromatic carbocycles. The van der Waals surface area contributed by atoms with Crippen LogP contribution in [0.25, 0.3) is 0 Å². The van der Waals surface area contributed by atoms with E-state index < -0.39 is 0 Å². The highest BCUT2D eigenvalue weighted by atomic mass is 16.2. The zero-order valence-electron chi connectivity index (χ0n) is 15.5. The van der Waals surface area contributed by atoms with Gasteiger partial charge in [0.15, 0.2) is 5.82 Å². The van der Waals surface area contributed by atoms with E-state index in [9.17, 15) is 4.79 Å². The Balaban J connectivity index is 1.40. The van der Waals surface area contributed by atoms with Crippen molar-refractivity contribution in [2.75, 3.05) is 30.4 Å². The molecule has 1 N–H and O–H groups in total. The van der Waals surface area contributed by atoms with Gasteiger partial charge in [-0.2, -0.15) is 0 Å². The Morgan fingerprint density at radius 1 is 1.19 bits per heavy atom. The molecule has 1 aromatic heterocycles. The van der Waals surface area contributed by atoms with E-state index in [0.29, 0.717) is 5.92 Å². The molecule has 0 saturated carbocycles. The highest BCUT2D eigenvalue weighted by Gasteiger charge is 2.28. The molecule has 0 radical (unpaired) electrons. The fourth-order valence-corrected chi connectivity index (χ4v) is 3.96. The highest BCUT2D eigenvalue weighted by molar-refractivity contribution is 6.02. The predicted octanol–water partition coefficient (Wildman–Crippen LogP) is 3.24. The number of pyridine rings is 1. The Labute approximate surface area is 155 Å². The fourth-order valence-electron chi connectivity index (χ4n) is 3.96. The van der Waals surface area contributed by atoms with E-state index in [1.807, 2.05) is 25.1 Å². The van der Waals surface area contributed by atoms with E-state index in [-0.39, 0.29) is 11.9 Å². The van der Waals surface area contributed by atoms with Crippen LogP contribution in [0.2, 0.25) is 0 Å². The summed E-state index contributed by atoms with van der Waals surface area (Å²) in [5, 5.41) is 2.98. The maximum absolute atomic E-state index is 12.0. The van der Waals surface area contributed by atoms with Crippen molar-refractivity contribution in [1.29, 1.82) is 0 Å². The Morgan fingerprint density at radius 3 is 2.65 bits per heavy atom. The molecular formula is C21H26N4O. The first-order valence-electron chi connectivity index (χ1n) is 9.42. The normalized spacial score (nSPS) is 21.4. The SMILES string of the molecule is C[C@H]1C(=O)Nc2cc(CN3CCC(c4ccccc4)CC3)cnc2N1C. The molecule has 26 heavy (non-hydrogen) atoms. The first-order chi connectivity index (χ1) is 12.6. The molecule has 3 heterocycles. The molecular weight excluding hydrogens is 324 g/mol. The predicted molar refractivity (Wildman–Crippen MR) is 104 cm³/mol. The number of rotatable bonds is 3. The summed E-state index contributed by atoms with van der Waals surface area (Å²) in [7, 11) is 1.92. The van der Waals surface area contributed by atoms with Crippen molar-refractivity contribution >= 4 is 17.4 Å². The molecule has 2 aliphatic rings. The molecule has 0 unspecified atom stereocenters. The van der Waals surface area contributed by atoms with Crippen molar-refractivity contribution in [1.82, 2.24) is 9.88 Å². The molecule has 1 fully saturated rings. The van der Waals surface area contributed by atoms with Crippen molar-refractivity contribution in [2.45, 2.75) is 38.3 Å². The van der Waals surface area contributed by atoms with Crippen molar-refractivity contribution in [3.63, 3.8) is 0 Å². The van der Waals surface area contributed by atoms with Crippen LogP contribution in [-0.2, 0) is 11.3 Å². The molecule has 5 heteroatoms. The third-order valence-corrected chi connectivity index (χ3v) is 5.74. The van der Waals surface area contributed by atoms with Gasteiger partial charge in [0.05, 0.1) is 5.69 Å². The molecule has 2 aromatic rings. The number of carbonyl (C=O) groups is 1. The summed E-state index contributed by atoms with van der Waals surface area (Å²) in [5.41, 5.74) is 3.44. The Kier molecular flexibility index (Phi) is 4.64. The van der Waals surface area contributed by atoms with Crippen LogP contribution in [0, 0.1) is 0 Å². The van der Waals surface area contributed by atoms with Gasteiger partial charge in [-0.1, -0.05) is 30.3 Å². The minimum absolute atomic E-state index is 0.0302. The van der Waals surface area contributed by atoms with Gasteiger partial charge in [-0.25, -0.2) is 4.98 Å². The van der Waals surface area contributed by atoms with E-state index in [1.165, 1.54) is 18.4 Å². The number of nitrogens with one attached hydrogen (secondary N) is 1. The number of carbonyl (C=O) groups excluding carboxylic acids is 1. The second-order valence-electron chi connectivity index (χ2n) is 7.45. The van der Waals surface area contributed by atoms with E-state index in [0.717, 1.165) is 36.7 Å². The third kappa shape index (κ3) is 3.31. The zero-order valence-corrected chi connectivity index (χ0v) is 15.5. The average molecular weight is 350 g/mol. The average Bonchev–Trinajstić information content (AvgIpc) is 2.67. The van der Waals surface area contributed by atoms with Gasteiger partial charge in [-0.3, -0.25) is 9.69 Å². The molecule has 1 saturated heterocycles. The van der Waals surface area contributed by atoms with Gasteiger partial charge in [0.1, 0.15) is 6.04 Å². The maximum atomic E-state index is 12.0. The molecule has 5 nitrogen and oxygen atoms in total. The third-order valence-electron chi connectivity index (χ3n) is 5.74. The molecule has 0 bridgehead atoms. The fraction of sp³-hybridized carbons (Fsp3) is 0.429. The second-order valence-corrected chi connectivity index (χ2v) is 7.45. The van der Waals surface area contributed by atoms with Crippen molar-refractivity contribution < 1.29 is 4.79 Å². The number of aromatic nitrogens is 1. The van der Waals surface area contributed by atoms with Crippen LogP contribution in [0.3, 0.4) is 0 Å². The minimum atomic E-state index is -0.183. The van der Waals surface area contributed by atoms with Crippen LogP contribution in [0.5, 0.6) is 0 Å². The van der Waals surface area contributed by atoms with Gasteiger partial charge in [0.25, 0.3) is 0 Å². The summed E-state index contributed by atoms with van der Waals surface area (Å²) < 4.78 is 0. The number of piperidine rings is 1. The van der Waals surface area contributed by atoms with Crippen LogP contribution in [0.1, 0.15) is 36.8 Å². The minimum Gasteiger partial charge on any atom is -0.346 e. The van der Waals surface area contributed by atoms with Crippen LogP contribution >= 0.6 is 0 Å². The summed E-state index contributed by atoms with van der Waals surface area (Å²) in [6.45, 7) is 4.97. The number of hydrogen-bond donors (Lipinski definition) is 1. The lowest BCUT2D eigenvalue weighted by molar-refractivity contribution is -0.117. The van der Waals surface area contributed by atoms with Crippen LogP contribution < -0.4 is 10.2 Å². The highest BCUT2D eigenvalue weighted by Crippen LogP contribution is 2.31. The number of fused-ring (bicyclic) bond motifs is 1. The van der Waals surface area contributed by atoms with Crippen molar-refractivity contribution in [3.05, 3.63) is 53.7 Å². The zero-order chi connectivity index (χ0) is 18.1. The van der Waals surface area contributed by atoms with Crippen molar-refractivity contribution in [2.24, 2.45) is 0 Å². The van der Waals surface area contributed by atoms with Gasteiger partial charge >= 0.3 is 0 Å². The van der Waals surface area contributed by atoms with E-state index in [2.05, 4.69) is 51.6 Å². The smallest absolute Gasteiger partial charge is 0.246 e. The van der Waals surface area contributed by atoms with Gasteiger partial charge in [-0.15, -0.1) is 0 Å². The lowest BCUT2D eigenvalue weighted by Crippen LogP contribution is -2.44. The lowest BCUT2D eigenvalue weighted by atomic mass is 9.89. The standard InChI is InChI=1S/C21H26N4O/c1-15-21(26)23-19-12-16(13-22-20(19)24(15)2)14-25-10-8-18(9-11-25)17-6-4-3-5-7-17/h3-7,12-13,15,18H,8-11,14H2,1-2H3,(H,23,26)/t15-/m0/s1. The summed E-state index contributed by atoms with van der Waals surface area (Å²) in [6.07, 6.45) is 4.33.